The normalized spacial score (nSPS) is 13.9. The second kappa shape index (κ2) is 6.59. The van der Waals surface area contributed by atoms with Gasteiger partial charge in [0.25, 0.3) is 5.91 Å². The minimum absolute atomic E-state index is 0.00891. The molecule has 1 saturated carbocycles. The first-order valence-corrected chi connectivity index (χ1v) is 7.61. The number of hydrogen-bond donors (Lipinski definition) is 0. The first-order valence-electron chi connectivity index (χ1n) is 6.44. The molecule has 108 valence electrons. The molecule has 1 aromatic rings. The highest BCUT2D eigenvalue weighted by Crippen LogP contribution is 2.30. The van der Waals surface area contributed by atoms with E-state index >= 15 is 0 Å². The number of carbonyl (C=O) groups excluding carboxylic acids is 2. The van der Waals surface area contributed by atoms with E-state index in [4.69, 9.17) is 16.3 Å². The molecule has 0 aliphatic heterocycles. The van der Waals surface area contributed by atoms with Crippen molar-refractivity contribution >= 4 is 39.4 Å². The van der Waals surface area contributed by atoms with Crippen molar-refractivity contribution in [3.63, 3.8) is 0 Å². The number of rotatable bonds is 5. The van der Waals surface area contributed by atoms with Gasteiger partial charge in [0.15, 0.2) is 0 Å². The Morgan fingerprint density at radius 3 is 2.70 bits per heavy atom. The molecular formula is C14H15BrClNO3. The summed E-state index contributed by atoms with van der Waals surface area (Å²) >= 11 is 9.29. The van der Waals surface area contributed by atoms with Gasteiger partial charge in [0, 0.05) is 16.1 Å². The molecule has 1 aliphatic rings. The highest BCUT2D eigenvalue weighted by atomic mass is 79.9. The van der Waals surface area contributed by atoms with Crippen LogP contribution in [-0.4, -0.2) is 36.0 Å². The average Bonchev–Trinajstić information content (AvgIpc) is 3.23. The van der Waals surface area contributed by atoms with E-state index in [1.807, 2.05) is 0 Å². The summed E-state index contributed by atoms with van der Waals surface area (Å²) < 4.78 is 5.65. The Morgan fingerprint density at radius 2 is 2.15 bits per heavy atom. The van der Waals surface area contributed by atoms with E-state index in [0.29, 0.717) is 17.2 Å². The molecule has 0 radical (unpaired) electrons. The van der Waals surface area contributed by atoms with Crippen LogP contribution in [-0.2, 0) is 9.53 Å². The lowest BCUT2D eigenvalue weighted by molar-refractivity contribution is -0.144. The highest BCUT2D eigenvalue weighted by Gasteiger charge is 2.34. The SMILES string of the molecule is CCOC(=O)CN(C(=O)c1ccc(Br)c(Cl)c1)C1CC1. The van der Waals surface area contributed by atoms with Crippen molar-refractivity contribution in [3.05, 3.63) is 33.3 Å². The molecule has 1 aliphatic carbocycles. The first kappa shape index (κ1) is 15.3. The van der Waals surface area contributed by atoms with Gasteiger partial charge in [-0.05, 0) is 53.9 Å². The van der Waals surface area contributed by atoms with Crippen molar-refractivity contribution in [2.45, 2.75) is 25.8 Å². The van der Waals surface area contributed by atoms with E-state index in [-0.39, 0.29) is 24.5 Å². The van der Waals surface area contributed by atoms with Gasteiger partial charge in [0.1, 0.15) is 6.54 Å². The zero-order valence-electron chi connectivity index (χ0n) is 11.1. The number of hydrogen-bond acceptors (Lipinski definition) is 3. The van der Waals surface area contributed by atoms with Gasteiger partial charge in [-0.25, -0.2) is 0 Å². The maximum absolute atomic E-state index is 12.5. The minimum atomic E-state index is -0.379. The standard InChI is InChI=1S/C14H15BrClNO3/c1-2-20-13(18)8-17(10-4-5-10)14(19)9-3-6-11(15)12(16)7-9/h3,6-7,10H,2,4-5,8H2,1H3. The van der Waals surface area contributed by atoms with Crippen molar-refractivity contribution in [1.29, 1.82) is 0 Å². The van der Waals surface area contributed by atoms with Crippen molar-refractivity contribution in [1.82, 2.24) is 4.90 Å². The number of ether oxygens (including phenoxy) is 1. The topological polar surface area (TPSA) is 46.6 Å². The van der Waals surface area contributed by atoms with E-state index in [1.54, 1.807) is 30.0 Å². The first-order chi connectivity index (χ1) is 9.52. The Labute approximate surface area is 131 Å². The van der Waals surface area contributed by atoms with E-state index in [1.165, 1.54) is 0 Å². The Morgan fingerprint density at radius 1 is 1.45 bits per heavy atom. The lowest BCUT2D eigenvalue weighted by Crippen LogP contribution is -2.38. The molecular weight excluding hydrogens is 346 g/mol. The fourth-order valence-electron chi connectivity index (χ4n) is 1.89. The van der Waals surface area contributed by atoms with E-state index in [2.05, 4.69) is 15.9 Å². The van der Waals surface area contributed by atoms with Crippen LogP contribution in [0, 0.1) is 0 Å². The number of benzene rings is 1. The summed E-state index contributed by atoms with van der Waals surface area (Å²) in [4.78, 5) is 25.6. The van der Waals surface area contributed by atoms with Crippen LogP contribution < -0.4 is 0 Å². The molecule has 6 heteroatoms. The molecule has 20 heavy (non-hydrogen) atoms. The number of halogens is 2. The Balaban J connectivity index is 2.14. The Bertz CT molecular complexity index is 531. The molecule has 0 heterocycles. The van der Waals surface area contributed by atoms with Crippen molar-refractivity contribution in [2.24, 2.45) is 0 Å². The third-order valence-corrected chi connectivity index (χ3v) is 4.25. The van der Waals surface area contributed by atoms with Gasteiger partial charge in [0.05, 0.1) is 11.6 Å². The van der Waals surface area contributed by atoms with Crippen molar-refractivity contribution in [3.8, 4) is 0 Å². The van der Waals surface area contributed by atoms with E-state index in [9.17, 15) is 9.59 Å². The molecule has 2 rings (SSSR count). The van der Waals surface area contributed by atoms with Crippen LogP contribution in [0.2, 0.25) is 5.02 Å². The molecule has 0 atom stereocenters. The summed E-state index contributed by atoms with van der Waals surface area (Å²) in [5.74, 6) is -0.564. The molecule has 0 unspecified atom stereocenters. The zero-order chi connectivity index (χ0) is 14.7. The van der Waals surface area contributed by atoms with Gasteiger partial charge in [-0.2, -0.15) is 0 Å². The fraction of sp³-hybridized carbons (Fsp3) is 0.429. The van der Waals surface area contributed by atoms with Crippen LogP contribution in [0.25, 0.3) is 0 Å². The van der Waals surface area contributed by atoms with Crippen molar-refractivity contribution < 1.29 is 14.3 Å². The number of amides is 1. The van der Waals surface area contributed by atoms with E-state index in [0.717, 1.165) is 17.3 Å². The number of nitrogens with zero attached hydrogens (tertiary/aromatic N) is 1. The number of carbonyl (C=O) groups is 2. The van der Waals surface area contributed by atoms with Gasteiger partial charge in [-0.3, -0.25) is 9.59 Å². The van der Waals surface area contributed by atoms with Gasteiger partial charge in [-0.15, -0.1) is 0 Å². The smallest absolute Gasteiger partial charge is 0.325 e. The summed E-state index contributed by atoms with van der Waals surface area (Å²) in [5, 5.41) is 0.475. The monoisotopic (exact) mass is 359 g/mol. The van der Waals surface area contributed by atoms with Gasteiger partial charge in [0.2, 0.25) is 0 Å². The molecule has 0 bridgehead atoms. The third-order valence-electron chi connectivity index (χ3n) is 3.02. The molecule has 0 N–H and O–H groups in total. The molecule has 1 fully saturated rings. The van der Waals surface area contributed by atoms with Gasteiger partial charge < -0.3 is 9.64 Å². The molecule has 4 nitrogen and oxygen atoms in total. The summed E-state index contributed by atoms with van der Waals surface area (Å²) in [6.45, 7) is 2.05. The molecule has 0 aromatic heterocycles. The largest absolute Gasteiger partial charge is 0.465 e. The maximum atomic E-state index is 12.5. The molecule has 0 spiro atoms. The predicted octanol–water partition coefficient (Wildman–Crippen LogP) is 3.27. The van der Waals surface area contributed by atoms with Crippen LogP contribution in [0.5, 0.6) is 0 Å². The molecule has 1 aromatic carbocycles. The van der Waals surface area contributed by atoms with Crippen LogP contribution in [0.1, 0.15) is 30.1 Å². The Kier molecular flexibility index (Phi) is 5.05. The lowest BCUT2D eigenvalue weighted by Gasteiger charge is -2.21. The maximum Gasteiger partial charge on any atom is 0.325 e. The number of esters is 1. The van der Waals surface area contributed by atoms with Crippen LogP contribution in [0.15, 0.2) is 22.7 Å². The minimum Gasteiger partial charge on any atom is -0.465 e. The van der Waals surface area contributed by atoms with Crippen molar-refractivity contribution in [2.75, 3.05) is 13.2 Å². The van der Waals surface area contributed by atoms with E-state index < -0.39 is 0 Å². The second-order valence-corrected chi connectivity index (χ2v) is 5.86. The summed E-state index contributed by atoms with van der Waals surface area (Å²) in [5.41, 5.74) is 0.481. The fourth-order valence-corrected chi connectivity index (χ4v) is 2.32. The van der Waals surface area contributed by atoms with Gasteiger partial charge >= 0.3 is 5.97 Å². The third kappa shape index (κ3) is 3.73. The Hall–Kier alpha value is -1.07. The molecule has 0 saturated heterocycles. The summed E-state index contributed by atoms with van der Waals surface area (Å²) in [7, 11) is 0. The predicted molar refractivity (Wildman–Crippen MR) is 79.8 cm³/mol. The quantitative estimate of drug-likeness (QED) is 0.757. The summed E-state index contributed by atoms with van der Waals surface area (Å²) in [6.07, 6.45) is 1.85. The van der Waals surface area contributed by atoms with Gasteiger partial charge in [-0.1, -0.05) is 11.6 Å². The lowest BCUT2D eigenvalue weighted by atomic mass is 10.2. The zero-order valence-corrected chi connectivity index (χ0v) is 13.4. The van der Waals surface area contributed by atoms with Crippen LogP contribution >= 0.6 is 27.5 Å². The molecule has 1 amide bonds. The highest BCUT2D eigenvalue weighted by molar-refractivity contribution is 9.10. The van der Waals surface area contributed by atoms with Crippen LogP contribution in [0.4, 0.5) is 0 Å². The second-order valence-electron chi connectivity index (χ2n) is 4.60. The average molecular weight is 361 g/mol. The summed E-state index contributed by atoms with van der Waals surface area (Å²) in [6, 6.07) is 5.16. The van der Waals surface area contributed by atoms with Crippen LogP contribution in [0.3, 0.4) is 0 Å².